The van der Waals surface area contributed by atoms with Gasteiger partial charge in [0.15, 0.2) is 0 Å². The summed E-state index contributed by atoms with van der Waals surface area (Å²) in [5.41, 5.74) is 0.851. The molecule has 2 aromatic heterocycles. The first-order valence-corrected chi connectivity index (χ1v) is 7.80. The topological polar surface area (TPSA) is 96.3 Å². The van der Waals surface area contributed by atoms with Gasteiger partial charge in [-0.3, -0.25) is 19.9 Å². The molecule has 120 valence electrons. The fourth-order valence-electron chi connectivity index (χ4n) is 3.55. The van der Waals surface area contributed by atoms with Gasteiger partial charge in [-0.05, 0) is 25.3 Å². The van der Waals surface area contributed by atoms with E-state index in [1.54, 1.807) is 18.3 Å². The summed E-state index contributed by atoms with van der Waals surface area (Å²) in [6.07, 6.45) is 3.74. The molecule has 3 N–H and O–H groups in total. The van der Waals surface area contributed by atoms with Crippen molar-refractivity contribution in [2.24, 2.45) is 5.92 Å². The van der Waals surface area contributed by atoms with Crippen LogP contribution in [0.2, 0.25) is 0 Å². The van der Waals surface area contributed by atoms with E-state index < -0.39 is 0 Å². The van der Waals surface area contributed by atoms with Crippen molar-refractivity contribution in [3.8, 4) is 0 Å². The van der Waals surface area contributed by atoms with Crippen molar-refractivity contribution in [2.45, 2.75) is 31.8 Å². The van der Waals surface area contributed by atoms with E-state index >= 15 is 0 Å². The highest BCUT2D eigenvalue weighted by Gasteiger charge is 2.40. The van der Waals surface area contributed by atoms with Crippen LogP contribution in [-0.4, -0.2) is 35.4 Å². The summed E-state index contributed by atoms with van der Waals surface area (Å²) < 4.78 is 5.52. The number of furan rings is 1. The van der Waals surface area contributed by atoms with E-state index in [4.69, 9.17) is 4.42 Å². The van der Waals surface area contributed by atoms with Gasteiger partial charge < -0.3 is 15.1 Å². The molecule has 1 saturated carbocycles. The van der Waals surface area contributed by atoms with E-state index in [1.807, 2.05) is 0 Å². The SMILES string of the molecule is CC(=O)Nc1cc2cnc(C(=O)NC3CC4CNC3C4)cc2o1. The number of nitrogens with one attached hydrogen (secondary N) is 3. The van der Waals surface area contributed by atoms with Crippen molar-refractivity contribution >= 4 is 28.7 Å². The molecule has 0 aromatic carbocycles. The number of carbonyl (C=O) groups excluding carboxylic acids is 2. The number of nitrogens with zero attached hydrogens (tertiary/aromatic N) is 1. The van der Waals surface area contributed by atoms with Gasteiger partial charge in [0.05, 0.1) is 0 Å². The lowest BCUT2D eigenvalue weighted by Gasteiger charge is -2.23. The minimum Gasteiger partial charge on any atom is -0.440 e. The van der Waals surface area contributed by atoms with Crippen molar-refractivity contribution in [1.82, 2.24) is 15.6 Å². The summed E-state index contributed by atoms with van der Waals surface area (Å²) in [5.74, 6) is 0.623. The number of hydrogen-bond donors (Lipinski definition) is 3. The number of rotatable bonds is 3. The summed E-state index contributed by atoms with van der Waals surface area (Å²) in [6.45, 7) is 2.47. The van der Waals surface area contributed by atoms with Crippen molar-refractivity contribution in [1.29, 1.82) is 0 Å². The van der Waals surface area contributed by atoms with Gasteiger partial charge in [-0.2, -0.15) is 0 Å². The summed E-state index contributed by atoms with van der Waals surface area (Å²) in [5, 5.41) is 9.80. The molecule has 2 bridgehead atoms. The van der Waals surface area contributed by atoms with Crippen LogP contribution in [0.5, 0.6) is 0 Å². The average Bonchev–Trinajstić information content (AvgIpc) is 3.19. The Morgan fingerprint density at radius 2 is 2.22 bits per heavy atom. The smallest absolute Gasteiger partial charge is 0.270 e. The van der Waals surface area contributed by atoms with Crippen LogP contribution in [-0.2, 0) is 4.79 Å². The Morgan fingerprint density at radius 1 is 1.35 bits per heavy atom. The molecule has 7 nitrogen and oxygen atoms in total. The molecule has 2 fully saturated rings. The largest absolute Gasteiger partial charge is 0.440 e. The highest BCUT2D eigenvalue weighted by molar-refractivity contribution is 5.96. The van der Waals surface area contributed by atoms with Crippen LogP contribution in [0.3, 0.4) is 0 Å². The van der Waals surface area contributed by atoms with Gasteiger partial charge in [-0.1, -0.05) is 0 Å². The zero-order valence-corrected chi connectivity index (χ0v) is 12.8. The van der Waals surface area contributed by atoms with Crippen molar-refractivity contribution in [3.63, 3.8) is 0 Å². The molecule has 0 spiro atoms. The molecule has 0 radical (unpaired) electrons. The maximum atomic E-state index is 12.4. The number of pyridine rings is 1. The molecular formula is C16H18N4O3. The van der Waals surface area contributed by atoms with Gasteiger partial charge >= 0.3 is 0 Å². The standard InChI is InChI=1S/C16H18N4O3/c1-8(21)19-15-4-10-7-18-13(5-14(10)23-15)16(22)20-12-3-9-2-11(12)17-6-9/h4-5,7,9,11-12,17H,2-3,6H2,1H3,(H,19,21)(H,20,22). The number of amides is 2. The summed E-state index contributed by atoms with van der Waals surface area (Å²) in [6, 6.07) is 3.84. The first kappa shape index (κ1) is 14.2. The monoisotopic (exact) mass is 314 g/mol. The molecule has 2 aromatic rings. The number of aromatic nitrogens is 1. The Morgan fingerprint density at radius 3 is 2.91 bits per heavy atom. The second kappa shape index (κ2) is 5.34. The Hall–Kier alpha value is -2.41. The highest BCUT2D eigenvalue weighted by atomic mass is 16.4. The van der Waals surface area contributed by atoms with Gasteiger partial charge in [0.2, 0.25) is 11.8 Å². The first-order valence-electron chi connectivity index (χ1n) is 7.80. The lowest BCUT2D eigenvalue weighted by molar-refractivity contribution is -0.114. The van der Waals surface area contributed by atoms with Crippen molar-refractivity contribution < 1.29 is 14.0 Å². The molecule has 23 heavy (non-hydrogen) atoms. The van der Waals surface area contributed by atoms with E-state index in [-0.39, 0.29) is 17.9 Å². The first-order chi connectivity index (χ1) is 11.1. The Bertz CT molecular complexity index is 785. The van der Waals surface area contributed by atoms with Gasteiger partial charge in [-0.25, -0.2) is 0 Å². The maximum Gasteiger partial charge on any atom is 0.270 e. The Labute approximate surface area is 132 Å². The predicted molar refractivity (Wildman–Crippen MR) is 84.1 cm³/mol. The van der Waals surface area contributed by atoms with Crippen LogP contribution in [0.4, 0.5) is 5.88 Å². The number of fused-ring (bicyclic) bond motifs is 3. The molecule has 4 rings (SSSR count). The average molecular weight is 314 g/mol. The van der Waals surface area contributed by atoms with Crippen LogP contribution in [0.25, 0.3) is 11.0 Å². The summed E-state index contributed by atoms with van der Waals surface area (Å²) >= 11 is 0. The summed E-state index contributed by atoms with van der Waals surface area (Å²) in [4.78, 5) is 27.7. The third-order valence-corrected chi connectivity index (χ3v) is 4.58. The minimum absolute atomic E-state index is 0.172. The van der Waals surface area contributed by atoms with Crippen LogP contribution < -0.4 is 16.0 Å². The predicted octanol–water partition coefficient (Wildman–Crippen LogP) is 1.27. The minimum atomic E-state index is -0.209. The van der Waals surface area contributed by atoms with Gasteiger partial charge in [-0.15, -0.1) is 0 Å². The van der Waals surface area contributed by atoms with Gasteiger partial charge in [0.1, 0.15) is 11.3 Å². The molecule has 1 aliphatic carbocycles. The molecule has 3 heterocycles. The van der Waals surface area contributed by atoms with E-state index in [1.165, 1.54) is 6.92 Å². The van der Waals surface area contributed by atoms with Crippen LogP contribution in [0.1, 0.15) is 30.3 Å². The van der Waals surface area contributed by atoms with E-state index in [0.29, 0.717) is 29.1 Å². The van der Waals surface area contributed by atoms with E-state index in [0.717, 1.165) is 24.8 Å². The fraction of sp³-hybridized carbons (Fsp3) is 0.438. The quantitative estimate of drug-likeness (QED) is 0.793. The molecule has 1 aliphatic heterocycles. The maximum absolute atomic E-state index is 12.4. The molecular weight excluding hydrogens is 296 g/mol. The number of piperidine rings is 1. The molecule has 3 unspecified atom stereocenters. The zero-order chi connectivity index (χ0) is 16.0. The van der Waals surface area contributed by atoms with E-state index in [9.17, 15) is 9.59 Å². The number of anilines is 1. The number of hydrogen-bond acceptors (Lipinski definition) is 5. The molecule has 7 heteroatoms. The Kier molecular flexibility index (Phi) is 3.30. The van der Waals surface area contributed by atoms with Crippen LogP contribution in [0, 0.1) is 5.92 Å². The number of carbonyl (C=O) groups is 2. The van der Waals surface area contributed by atoms with Crippen LogP contribution in [0.15, 0.2) is 22.7 Å². The zero-order valence-electron chi connectivity index (χ0n) is 12.8. The second-order valence-corrected chi connectivity index (χ2v) is 6.33. The molecule has 2 amide bonds. The molecule has 2 aliphatic rings. The van der Waals surface area contributed by atoms with Crippen LogP contribution >= 0.6 is 0 Å². The lowest BCUT2D eigenvalue weighted by atomic mass is 10.1. The van der Waals surface area contributed by atoms with E-state index in [2.05, 4.69) is 20.9 Å². The normalized spacial score (nSPS) is 25.7. The molecule has 3 atom stereocenters. The third-order valence-electron chi connectivity index (χ3n) is 4.58. The Balaban J connectivity index is 1.51. The van der Waals surface area contributed by atoms with Crippen molar-refractivity contribution in [2.75, 3.05) is 11.9 Å². The van der Waals surface area contributed by atoms with Gasteiger partial charge in [0, 0.05) is 42.7 Å². The highest BCUT2D eigenvalue weighted by Crippen LogP contribution is 2.31. The third kappa shape index (κ3) is 2.68. The second-order valence-electron chi connectivity index (χ2n) is 6.33. The van der Waals surface area contributed by atoms with Crippen molar-refractivity contribution in [3.05, 3.63) is 24.0 Å². The van der Waals surface area contributed by atoms with Gasteiger partial charge in [0.25, 0.3) is 5.91 Å². The lowest BCUT2D eigenvalue weighted by Crippen LogP contribution is -2.48. The summed E-state index contributed by atoms with van der Waals surface area (Å²) in [7, 11) is 0. The fourth-order valence-corrected chi connectivity index (χ4v) is 3.55. The molecule has 1 saturated heterocycles.